The molecule has 1 aliphatic rings. The van der Waals surface area contributed by atoms with Crippen LogP contribution in [0.4, 0.5) is 0 Å². The first kappa shape index (κ1) is 21.1. The van der Waals surface area contributed by atoms with Crippen molar-refractivity contribution in [2.75, 3.05) is 0 Å². The molecular weight excluding hydrogens is 360 g/mol. The van der Waals surface area contributed by atoms with Gasteiger partial charge in [0, 0.05) is 12.6 Å². The number of nitrogens with zero attached hydrogens (tertiary/aromatic N) is 1. The van der Waals surface area contributed by atoms with Crippen molar-refractivity contribution in [3.8, 4) is 0 Å². The molecule has 1 saturated carbocycles. The Kier molecular flexibility index (Phi) is 7.45. The van der Waals surface area contributed by atoms with Crippen LogP contribution in [-0.4, -0.2) is 28.8 Å². The highest BCUT2D eigenvalue weighted by atomic mass is 16.2. The number of hydrogen-bond acceptors (Lipinski definition) is 2. The molecule has 0 aromatic heterocycles. The molecule has 2 amide bonds. The summed E-state index contributed by atoms with van der Waals surface area (Å²) in [7, 11) is 0. The maximum atomic E-state index is 13.4. The van der Waals surface area contributed by atoms with Gasteiger partial charge < -0.3 is 10.2 Å². The first-order valence-corrected chi connectivity index (χ1v) is 10.8. The molecule has 1 aliphatic carbocycles. The smallest absolute Gasteiger partial charge is 0.243 e. The summed E-state index contributed by atoms with van der Waals surface area (Å²) in [4.78, 5) is 28.2. The Morgan fingerprint density at radius 1 is 1.03 bits per heavy atom. The largest absolute Gasteiger partial charge is 0.352 e. The normalized spacial score (nSPS) is 15.1. The topological polar surface area (TPSA) is 49.4 Å². The number of aryl methyl sites for hydroxylation is 1. The van der Waals surface area contributed by atoms with Crippen molar-refractivity contribution < 1.29 is 9.59 Å². The SMILES string of the molecule is CCC(C(=O)NC1CCCC1)N(Cc1ccccc1)C(=O)Cc1ccccc1C. The molecule has 2 aromatic carbocycles. The first-order valence-electron chi connectivity index (χ1n) is 10.8. The minimum Gasteiger partial charge on any atom is -0.352 e. The van der Waals surface area contributed by atoms with Gasteiger partial charge in [0.15, 0.2) is 0 Å². The highest BCUT2D eigenvalue weighted by Gasteiger charge is 2.30. The minimum absolute atomic E-state index is 0.00317. The second-order valence-electron chi connectivity index (χ2n) is 8.02. The Hall–Kier alpha value is -2.62. The molecule has 0 saturated heterocycles. The van der Waals surface area contributed by atoms with Crippen LogP contribution in [0.5, 0.6) is 0 Å². The number of hydrogen-bond donors (Lipinski definition) is 1. The van der Waals surface area contributed by atoms with E-state index in [-0.39, 0.29) is 17.9 Å². The summed E-state index contributed by atoms with van der Waals surface area (Å²) in [6, 6.07) is 17.7. The van der Waals surface area contributed by atoms with Crippen LogP contribution >= 0.6 is 0 Å². The number of carbonyl (C=O) groups is 2. The van der Waals surface area contributed by atoms with Gasteiger partial charge in [0.1, 0.15) is 6.04 Å². The van der Waals surface area contributed by atoms with Crippen LogP contribution in [0.15, 0.2) is 54.6 Å². The molecule has 0 spiro atoms. The predicted molar refractivity (Wildman–Crippen MR) is 116 cm³/mol. The molecule has 4 heteroatoms. The van der Waals surface area contributed by atoms with Gasteiger partial charge in [-0.1, -0.05) is 74.4 Å². The van der Waals surface area contributed by atoms with Crippen LogP contribution in [0.3, 0.4) is 0 Å². The molecule has 1 unspecified atom stereocenters. The molecule has 2 aromatic rings. The van der Waals surface area contributed by atoms with E-state index in [9.17, 15) is 9.59 Å². The highest BCUT2D eigenvalue weighted by molar-refractivity contribution is 5.88. The zero-order valence-electron chi connectivity index (χ0n) is 17.6. The lowest BCUT2D eigenvalue weighted by molar-refractivity contribution is -0.141. The average molecular weight is 393 g/mol. The van der Waals surface area contributed by atoms with Crippen molar-refractivity contribution in [2.24, 2.45) is 0 Å². The molecule has 4 nitrogen and oxygen atoms in total. The molecule has 3 rings (SSSR count). The average Bonchev–Trinajstić information content (AvgIpc) is 3.23. The summed E-state index contributed by atoms with van der Waals surface area (Å²) in [6.45, 7) is 4.45. The maximum absolute atomic E-state index is 13.4. The summed E-state index contributed by atoms with van der Waals surface area (Å²) < 4.78 is 0. The molecule has 1 N–H and O–H groups in total. The monoisotopic (exact) mass is 392 g/mol. The fraction of sp³-hybridized carbons (Fsp3) is 0.440. The molecule has 29 heavy (non-hydrogen) atoms. The van der Waals surface area contributed by atoms with Crippen LogP contribution in [0, 0.1) is 6.92 Å². The maximum Gasteiger partial charge on any atom is 0.243 e. The van der Waals surface area contributed by atoms with Crippen LogP contribution < -0.4 is 5.32 Å². The third-order valence-electron chi connectivity index (χ3n) is 5.89. The molecule has 1 fully saturated rings. The zero-order valence-corrected chi connectivity index (χ0v) is 17.6. The van der Waals surface area contributed by atoms with Gasteiger partial charge in [0.05, 0.1) is 6.42 Å². The summed E-state index contributed by atoms with van der Waals surface area (Å²) in [5, 5.41) is 3.19. The van der Waals surface area contributed by atoms with Crippen LogP contribution in [0.1, 0.15) is 55.7 Å². The van der Waals surface area contributed by atoms with E-state index in [4.69, 9.17) is 0 Å². The number of benzene rings is 2. The lowest BCUT2D eigenvalue weighted by atomic mass is 10.0. The van der Waals surface area contributed by atoms with E-state index in [0.29, 0.717) is 19.4 Å². The van der Waals surface area contributed by atoms with Gasteiger partial charge in [0.2, 0.25) is 11.8 Å². The quantitative estimate of drug-likeness (QED) is 0.724. The molecule has 0 radical (unpaired) electrons. The Balaban J connectivity index is 1.81. The van der Waals surface area contributed by atoms with Gasteiger partial charge in [0.25, 0.3) is 0 Å². The molecule has 0 bridgehead atoms. The fourth-order valence-electron chi connectivity index (χ4n) is 4.14. The minimum atomic E-state index is -0.452. The molecular formula is C25H32N2O2. The van der Waals surface area contributed by atoms with Crippen molar-refractivity contribution in [3.05, 3.63) is 71.3 Å². The van der Waals surface area contributed by atoms with E-state index in [1.54, 1.807) is 4.90 Å². The predicted octanol–water partition coefficient (Wildman–Crippen LogP) is 4.40. The van der Waals surface area contributed by atoms with Crippen molar-refractivity contribution in [3.63, 3.8) is 0 Å². The van der Waals surface area contributed by atoms with Gasteiger partial charge >= 0.3 is 0 Å². The van der Waals surface area contributed by atoms with Crippen LogP contribution in [-0.2, 0) is 22.6 Å². The van der Waals surface area contributed by atoms with E-state index >= 15 is 0 Å². The summed E-state index contributed by atoms with van der Waals surface area (Å²) in [5.74, 6) is -0.0231. The summed E-state index contributed by atoms with van der Waals surface area (Å²) in [5.41, 5.74) is 3.16. The molecule has 1 atom stereocenters. The van der Waals surface area contributed by atoms with Crippen molar-refractivity contribution in [1.29, 1.82) is 0 Å². The Bertz CT molecular complexity index is 813. The Labute approximate surface area is 174 Å². The number of carbonyl (C=O) groups excluding carboxylic acids is 2. The standard InChI is InChI=1S/C25H32N2O2/c1-3-23(25(29)26-22-15-9-10-16-22)27(18-20-12-5-4-6-13-20)24(28)17-21-14-8-7-11-19(21)2/h4-8,11-14,22-23H,3,9-10,15-18H2,1-2H3,(H,26,29). The van der Waals surface area contributed by atoms with E-state index in [2.05, 4.69) is 5.32 Å². The molecule has 0 aliphatic heterocycles. The number of amides is 2. The van der Waals surface area contributed by atoms with E-state index < -0.39 is 6.04 Å². The Morgan fingerprint density at radius 3 is 2.34 bits per heavy atom. The lowest BCUT2D eigenvalue weighted by Crippen LogP contribution is -2.51. The first-order chi connectivity index (χ1) is 14.1. The number of rotatable bonds is 8. The second-order valence-corrected chi connectivity index (χ2v) is 8.02. The van der Waals surface area contributed by atoms with E-state index in [1.807, 2.05) is 68.4 Å². The van der Waals surface area contributed by atoms with Crippen molar-refractivity contribution in [1.82, 2.24) is 10.2 Å². The van der Waals surface area contributed by atoms with Crippen LogP contribution in [0.25, 0.3) is 0 Å². The van der Waals surface area contributed by atoms with E-state index in [1.165, 1.54) is 12.8 Å². The van der Waals surface area contributed by atoms with Gasteiger partial charge in [-0.15, -0.1) is 0 Å². The van der Waals surface area contributed by atoms with Gasteiger partial charge in [-0.25, -0.2) is 0 Å². The third-order valence-corrected chi connectivity index (χ3v) is 5.89. The lowest BCUT2D eigenvalue weighted by Gasteiger charge is -2.31. The molecule has 154 valence electrons. The summed E-state index contributed by atoms with van der Waals surface area (Å²) >= 11 is 0. The molecule has 0 heterocycles. The zero-order chi connectivity index (χ0) is 20.6. The van der Waals surface area contributed by atoms with Gasteiger partial charge in [-0.3, -0.25) is 9.59 Å². The van der Waals surface area contributed by atoms with Gasteiger partial charge in [-0.2, -0.15) is 0 Å². The second kappa shape index (κ2) is 10.2. The van der Waals surface area contributed by atoms with Crippen LogP contribution in [0.2, 0.25) is 0 Å². The van der Waals surface area contributed by atoms with Crippen molar-refractivity contribution in [2.45, 2.75) is 71.0 Å². The van der Waals surface area contributed by atoms with E-state index in [0.717, 1.165) is 29.5 Å². The number of nitrogens with one attached hydrogen (secondary N) is 1. The highest BCUT2D eigenvalue weighted by Crippen LogP contribution is 2.20. The van der Waals surface area contributed by atoms with Gasteiger partial charge in [-0.05, 0) is 42.9 Å². The Morgan fingerprint density at radius 2 is 1.69 bits per heavy atom. The summed E-state index contributed by atoms with van der Waals surface area (Å²) in [6.07, 6.45) is 5.33. The third kappa shape index (κ3) is 5.69. The fourth-order valence-corrected chi connectivity index (χ4v) is 4.14. The van der Waals surface area contributed by atoms with Crippen molar-refractivity contribution >= 4 is 11.8 Å².